The number of nitrogens with one attached hydrogen (secondary N) is 1. The van der Waals surface area contributed by atoms with E-state index in [2.05, 4.69) is 5.32 Å². The second-order valence-corrected chi connectivity index (χ2v) is 7.22. The van der Waals surface area contributed by atoms with Crippen LogP contribution in [0.15, 0.2) is 54.6 Å². The molecule has 0 bridgehead atoms. The number of carbonyl (C=O) groups excluding carboxylic acids is 2. The van der Waals surface area contributed by atoms with Crippen LogP contribution < -0.4 is 10.2 Å². The Morgan fingerprint density at radius 2 is 1.67 bits per heavy atom. The summed E-state index contributed by atoms with van der Waals surface area (Å²) in [5.41, 5.74) is 2.95. The third kappa shape index (κ3) is 4.67. The molecule has 0 radical (unpaired) electrons. The van der Waals surface area contributed by atoms with Gasteiger partial charge in [-0.05, 0) is 43.2 Å². The highest BCUT2D eigenvalue weighted by molar-refractivity contribution is 5.99. The third-order valence-corrected chi connectivity index (χ3v) is 5.01. The minimum atomic E-state index is -0.226. The molecule has 2 aromatic rings. The highest BCUT2D eigenvalue weighted by atomic mass is 16.2. The molecule has 2 aromatic carbocycles. The van der Waals surface area contributed by atoms with Crippen molar-refractivity contribution in [3.63, 3.8) is 0 Å². The van der Waals surface area contributed by atoms with E-state index in [0.29, 0.717) is 19.5 Å². The molecule has 1 fully saturated rings. The molecule has 3 rings (SSSR count). The smallest absolute Gasteiger partial charge is 0.228 e. The Morgan fingerprint density at radius 3 is 2.26 bits per heavy atom. The Labute approximate surface area is 161 Å². The van der Waals surface area contributed by atoms with Gasteiger partial charge in [-0.2, -0.15) is 0 Å². The van der Waals surface area contributed by atoms with Crippen LogP contribution in [-0.2, 0) is 16.1 Å². The van der Waals surface area contributed by atoms with Gasteiger partial charge < -0.3 is 15.1 Å². The van der Waals surface area contributed by atoms with Gasteiger partial charge >= 0.3 is 0 Å². The van der Waals surface area contributed by atoms with E-state index in [-0.39, 0.29) is 23.7 Å². The van der Waals surface area contributed by atoms with Gasteiger partial charge in [0, 0.05) is 38.6 Å². The molecule has 0 aromatic heterocycles. The molecule has 2 unspecified atom stereocenters. The number of hydrogen-bond donors (Lipinski definition) is 1. The monoisotopic (exact) mass is 365 g/mol. The summed E-state index contributed by atoms with van der Waals surface area (Å²) in [7, 11) is 3.95. The Morgan fingerprint density at radius 1 is 1.00 bits per heavy atom. The van der Waals surface area contributed by atoms with Crippen LogP contribution in [0.25, 0.3) is 0 Å². The third-order valence-electron chi connectivity index (χ3n) is 5.01. The summed E-state index contributed by atoms with van der Waals surface area (Å²) in [6.07, 6.45) is 0.631. The van der Waals surface area contributed by atoms with Crippen molar-refractivity contribution in [1.29, 1.82) is 0 Å². The molecule has 0 heterocycles. The predicted octanol–water partition coefficient (Wildman–Crippen LogP) is 3.38. The van der Waals surface area contributed by atoms with Gasteiger partial charge in [-0.15, -0.1) is 0 Å². The molecule has 2 amide bonds. The standard InChI is InChI=1S/C22H27N3O2/c1-4-25(15-16-8-6-5-7-9-16)22(27)20-14-19(20)21(26)23-17-10-12-18(13-11-17)24(2)3/h5-13,19-20H,4,14-15H2,1-3H3,(H,23,26). The molecule has 1 saturated carbocycles. The van der Waals surface area contributed by atoms with E-state index in [1.165, 1.54) is 0 Å². The van der Waals surface area contributed by atoms with E-state index in [0.717, 1.165) is 16.9 Å². The summed E-state index contributed by atoms with van der Waals surface area (Å²) < 4.78 is 0. The minimum absolute atomic E-state index is 0.0679. The van der Waals surface area contributed by atoms with Crippen molar-refractivity contribution in [3.05, 3.63) is 60.2 Å². The summed E-state index contributed by atoms with van der Waals surface area (Å²) in [4.78, 5) is 29.1. The van der Waals surface area contributed by atoms with E-state index in [1.807, 2.05) is 85.4 Å². The maximum absolute atomic E-state index is 12.8. The molecule has 2 atom stereocenters. The van der Waals surface area contributed by atoms with Gasteiger partial charge in [0.2, 0.25) is 11.8 Å². The summed E-state index contributed by atoms with van der Waals surface area (Å²) in [5.74, 6) is -0.420. The van der Waals surface area contributed by atoms with E-state index in [9.17, 15) is 9.59 Å². The van der Waals surface area contributed by atoms with Crippen LogP contribution in [-0.4, -0.2) is 37.4 Å². The van der Waals surface area contributed by atoms with Crippen molar-refractivity contribution < 1.29 is 9.59 Å². The first kappa shape index (κ1) is 19.0. The molecule has 0 aliphatic heterocycles. The topological polar surface area (TPSA) is 52.7 Å². The van der Waals surface area contributed by atoms with Crippen LogP contribution in [0.4, 0.5) is 11.4 Å². The minimum Gasteiger partial charge on any atom is -0.378 e. The van der Waals surface area contributed by atoms with Crippen LogP contribution >= 0.6 is 0 Å². The average Bonchev–Trinajstić information content (AvgIpc) is 3.48. The molecule has 1 N–H and O–H groups in total. The summed E-state index contributed by atoms with van der Waals surface area (Å²) in [6.45, 7) is 3.21. The number of amides is 2. The molecule has 27 heavy (non-hydrogen) atoms. The SMILES string of the molecule is CCN(Cc1ccccc1)C(=O)C1CC1C(=O)Nc1ccc(N(C)C)cc1. The van der Waals surface area contributed by atoms with Gasteiger partial charge in [0.15, 0.2) is 0 Å². The zero-order valence-corrected chi connectivity index (χ0v) is 16.2. The fourth-order valence-electron chi connectivity index (χ4n) is 3.22. The van der Waals surface area contributed by atoms with E-state index >= 15 is 0 Å². The Bertz CT molecular complexity index is 787. The van der Waals surface area contributed by atoms with Crippen LogP contribution in [0.3, 0.4) is 0 Å². The maximum Gasteiger partial charge on any atom is 0.228 e. The Hall–Kier alpha value is -2.82. The first-order chi connectivity index (χ1) is 13.0. The quantitative estimate of drug-likeness (QED) is 0.818. The fourth-order valence-corrected chi connectivity index (χ4v) is 3.22. The van der Waals surface area contributed by atoms with Crippen molar-refractivity contribution >= 4 is 23.2 Å². The highest BCUT2D eigenvalue weighted by Crippen LogP contribution is 2.41. The lowest BCUT2D eigenvalue weighted by atomic mass is 10.2. The zero-order valence-electron chi connectivity index (χ0n) is 16.2. The van der Waals surface area contributed by atoms with Gasteiger partial charge in [0.05, 0.1) is 11.8 Å². The van der Waals surface area contributed by atoms with Crippen molar-refractivity contribution in [2.45, 2.75) is 19.9 Å². The molecular formula is C22H27N3O2. The Kier molecular flexibility index (Phi) is 5.79. The normalized spacial score (nSPS) is 17.9. The predicted molar refractivity (Wildman–Crippen MR) is 109 cm³/mol. The Balaban J connectivity index is 1.55. The number of carbonyl (C=O) groups is 2. The van der Waals surface area contributed by atoms with Gasteiger partial charge in [0.1, 0.15) is 0 Å². The van der Waals surface area contributed by atoms with Gasteiger partial charge in [-0.25, -0.2) is 0 Å². The van der Waals surface area contributed by atoms with E-state index in [1.54, 1.807) is 0 Å². The van der Waals surface area contributed by atoms with Crippen molar-refractivity contribution in [1.82, 2.24) is 4.90 Å². The maximum atomic E-state index is 12.8. The molecule has 0 spiro atoms. The zero-order chi connectivity index (χ0) is 19.4. The van der Waals surface area contributed by atoms with Crippen molar-refractivity contribution in [3.8, 4) is 0 Å². The first-order valence-electron chi connectivity index (χ1n) is 9.40. The van der Waals surface area contributed by atoms with E-state index in [4.69, 9.17) is 0 Å². The molecule has 5 nitrogen and oxygen atoms in total. The van der Waals surface area contributed by atoms with Crippen LogP contribution in [0, 0.1) is 11.8 Å². The molecular weight excluding hydrogens is 338 g/mol. The molecule has 5 heteroatoms. The van der Waals surface area contributed by atoms with Crippen LogP contribution in [0.2, 0.25) is 0 Å². The van der Waals surface area contributed by atoms with Gasteiger partial charge in [0.25, 0.3) is 0 Å². The number of rotatable bonds is 7. The van der Waals surface area contributed by atoms with Gasteiger partial charge in [-0.1, -0.05) is 30.3 Å². The molecule has 0 saturated heterocycles. The number of benzene rings is 2. The molecule has 142 valence electrons. The highest BCUT2D eigenvalue weighted by Gasteiger charge is 2.49. The lowest BCUT2D eigenvalue weighted by Gasteiger charge is -2.21. The first-order valence-corrected chi connectivity index (χ1v) is 9.40. The van der Waals surface area contributed by atoms with Crippen molar-refractivity contribution in [2.24, 2.45) is 11.8 Å². The number of anilines is 2. The second kappa shape index (κ2) is 8.25. The number of hydrogen-bond acceptors (Lipinski definition) is 3. The van der Waals surface area contributed by atoms with Crippen LogP contribution in [0.1, 0.15) is 18.9 Å². The average molecular weight is 365 g/mol. The fraction of sp³-hybridized carbons (Fsp3) is 0.364. The van der Waals surface area contributed by atoms with Crippen LogP contribution in [0.5, 0.6) is 0 Å². The van der Waals surface area contributed by atoms with E-state index < -0.39 is 0 Å². The molecule has 1 aliphatic rings. The summed E-state index contributed by atoms with van der Waals surface area (Å²) in [5, 5.41) is 2.93. The number of nitrogens with zero attached hydrogens (tertiary/aromatic N) is 2. The lowest BCUT2D eigenvalue weighted by Crippen LogP contribution is -2.33. The lowest BCUT2D eigenvalue weighted by molar-refractivity contribution is -0.134. The second-order valence-electron chi connectivity index (χ2n) is 7.22. The molecule has 1 aliphatic carbocycles. The summed E-state index contributed by atoms with van der Waals surface area (Å²) in [6, 6.07) is 17.7. The van der Waals surface area contributed by atoms with Crippen molar-refractivity contribution in [2.75, 3.05) is 30.9 Å². The summed E-state index contributed by atoms with van der Waals surface area (Å²) >= 11 is 0. The largest absolute Gasteiger partial charge is 0.378 e. The van der Waals surface area contributed by atoms with Gasteiger partial charge in [-0.3, -0.25) is 9.59 Å².